The van der Waals surface area contributed by atoms with Crippen molar-refractivity contribution in [2.24, 2.45) is 23.7 Å². The molecule has 2 fully saturated rings. The van der Waals surface area contributed by atoms with E-state index in [1.165, 1.54) is 5.57 Å². The summed E-state index contributed by atoms with van der Waals surface area (Å²) in [6, 6.07) is 0. The lowest BCUT2D eigenvalue weighted by Crippen LogP contribution is -2.48. The van der Waals surface area contributed by atoms with Gasteiger partial charge in [0.15, 0.2) is 0 Å². The number of hydrogen-bond acceptors (Lipinski definition) is 3. The average Bonchev–Trinajstić information content (AvgIpc) is 2.86. The second kappa shape index (κ2) is 6.02. The topological polar surface area (TPSA) is 49.7 Å². The van der Waals surface area contributed by atoms with Gasteiger partial charge in [0.05, 0.1) is 23.9 Å². The van der Waals surface area contributed by atoms with Crippen molar-refractivity contribution < 1.29 is 14.9 Å². The molecular weight excluding hydrogens is 288 g/mol. The molecule has 0 aromatic heterocycles. The molecule has 1 aliphatic carbocycles. The fourth-order valence-electron chi connectivity index (χ4n) is 5.13. The summed E-state index contributed by atoms with van der Waals surface area (Å²) in [5.74, 6) is 1.82. The first-order chi connectivity index (χ1) is 10.7. The van der Waals surface area contributed by atoms with E-state index in [-0.39, 0.29) is 12.2 Å². The van der Waals surface area contributed by atoms with Crippen LogP contribution in [0.2, 0.25) is 0 Å². The first-order valence-corrected chi connectivity index (χ1v) is 9.12. The highest BCUT2D eigenvalue weighted by atomic mass is 16.5. The normalized spacial score (nSPS) is 47.6. The van der Waals surface area contributed by atoms with Crippen molar-refractivity contribution in [3.05, 3.63) is 23.8 Å². The van der Waals surface area contributed by atoms with E-state index in [4.69, 9.17) is 4.74 Å². The minimum Gasteiger partial charge on any atom is -0.389 e. The fraction of sp³-hybridized carbons (Fsp3) is 0.800. The molecule has 2 bridgehead atoms. The molecule has 3 rings (SSSR count). The minimum atomic E-state index is -0.895. The maximum atomic E-state index is 11.1. The SMILES string of the molecule is C=C1C[C@H]2O[C@H]([C@H]3[C@@H]2C(C)=CC[C@@H]3C(C)C)[C@](C)(O)CC[C@@H]1O. The van der Waals surface area contributed by atoms with Crippen LogP contribution in [0.4, 0.5) is 0 Å². The van der Waals surface area contributed by atoms with Crippen LogP contribution in [0.1, 0.15) is 53.4 Å². The van der Waals surface area contributed by atoms with Gasteiger partial charge in [0.2, 0.25) is 0 Å². The summed E-state index contributed by atoms with van der Waals surface area (Å²) in [5.41, 5.74) is 1.35. The summed E-state index contributed by atoms with van der Waals surface area (Å²) >= 11 is 0. The number of rotatable bonds is 1. The third-order valence-electron chi connectivity index (χ3n) is 6.55. The van der Waals surface area contributed by atoms with Crippen LogP contribution < -0.4 is 0 Å². The van der Waals surface area contributed by atoms with Gasteiger partial charge in [-0.3, -0.25) is 0 Å². The molecule has 2 saturated heterocycles. The van der Waals surface area contributed by atoms with Gasteiger partial charge in [-0.05, 0) is 56.9 Å². The summed E-state index contributed by atoms with van der Waals surface area (Å²) in [7, 11) is 0. The predicted molar refractivity (Wildman–Crippen MR) is 92.0 cm³/mol. The molecule has 130 valence electrons. The molecule has 3 nitrogen and oxygen atoms in total. The first kappa shape index (κ1) is 17.2. The Labute approximate surface area is 140 Å². The Morgan fingerprint density at radius 1 is 1.39 bits per heavy atom. The summed E-state index contributed by atoms with van der Waals surface area (Å²) in [4.78, 5) is 0. The molecule has 3 heteroatoms. The number of hydrogen-bond donors (Lipinski definition) is 2. The van der Waals surface area contributed by atoms with Gasteiger partial charge in [-0.15, -0.1) is 0 Å². The molecule has 3 aliphatic rings. The largest absolute Gasteiger partial charge is 0.389 e. The van der Waals surface area contributed by atoms with Crippen LogP contribution in [-0.4, -0.2) is 34.1 Å². The fourth-order valence-corrected chi connectivity index (χ4v) is 5.13. The van der Waals surface area contributed by atoms with Crippen molar-refractivity contribution in [3.63, 3.8) is 0 Å². The van der Waals surface area contributed by atoms with E-state index in [1.54, 1.807) is 0 Å². The standard InChI is InChI=1S/C20H32O3/c1-11(2)14-7-6-12(3)17-16-10-13(4)15(21)8-9-20(5,22)19(23-16)18(14)17/h6,11,14-19,21-22H,4,7-10H2,1-3,5H3/t14-,15+,16-,17-,18-,19-,20-/m1/s1. The average molecular weight is 320 g/mol. The number of ether oxygens (including phenoxy) is 1. The highest BCUT2D eigenvalue weighted by molar-refractivity contribution is 5.22. The summed E-state index contributed by atoms with van der Waals surface area (Å²) in [5, 5.41) is 21.4. The van der Waals surface area contributed by atoms with Crippen molar-refractivity contribution in [2.75, 3.05) is 0 Å². The number of aliphatic hydroxyl groups excluding tert-OH is 1. The van der Waals surface area contributed by atoms with E-state index in [0.29, 0.717) is 42.9 Å². The molecule has 0 unspecified atom stereocenters. The lowest BCUT2D eigenvalue weighted by atomic mass is 9.62. The van der Waals surface area contributed by atoms with Crippen LogP contribution in [0.25, 0.3) is 0 Å². The zero-order valence-corrected chi connectivity index (χ0v) is 15.0. The Kier molecular flexibility index (Phi) is 4.50. The number of allylic oxidation sites excluding steroid dienone is 1. The Balaban J connectivity index is 2.02. The van der Waals surface area contributed by atoms with Crippen LogP contribution in [0.3, 0.4) is 0 Å². The van der Waals surface area contributed by atoms with Gasteiger partial charge in [-0.2, -0.15) is 0 Å². The van der Waals surface area contributed by atoms with E-state index in [9.17, 15) is 10.2 Å². The summed E-state index contributed by atoms with van der Waals surface area (Å²) in [6.07, 6.45) is 4.63. The van der Waals surface area contributed by atoms with Crippen molar-refractivity contribution >= 4 is 0 Å². The van der Waals surface area contributed by atoms with Gasteiger partial charge in [0, 0.05) is 11.8 Å². The van der Waals surface area contributed by atoms with Crippen molar-refractivity contribution in [2.45, 2.75) is 77.3 Å². The molecule has 0 amide bonds. The molecular formula is C20H32O3. The van der Waals surface area contributed by atoms with Crippen LogP contribution >= 0.6 is 0 Å². The Hall–Kier alpha value is -0.640. The molecule has 2 heterocycles. The van der Waals surface area contributed by atoms with Crippen LogP contribution in [0.5, 0.6) is 0 Å². The second-order valence-electron chi connectivity index (χ2n) is 8.56. The van der Waals surface area contributed by atoms with E-state index in [2.05, 4.69) is 33.4 Å². The van der Waals surface area contributed by atoms with Crippen molar-refractivity contribution in [1.82, 2.24) is 0 Å². The molecule has 23 heavy (non-hydrogen) atoms. The Bertz CT molecular complexity index is 505. The van der Waals surface area contributed by atoms with Gasteiger partial charge in [0.1, 0.15) is 0 Å². The zero-order valence-electron chi connectivity index (χ0n) is 15.0. The lowest BCUT2D eigenvalue weighted by molar-refractivity contribution is -0.116. The van der Waals surface area contributed by atoms with Gasteiger partial charge in [0.25, 0.3) is 0 Å². The van der Waals surface area contributed by atoms with E-state index in [1.807, 2.05) is 6.92 Å². The summed E-state index contributed by atoms with van der Waals surface area (Å²) in [6.45, 7) is 12.7. The molecule has 0 spiro atoms. The van der Waals surface area contributed by atoms with E-state index in [0.717, 1.165) is 12.0 Å². The molecule has 0 aromatic carbocycles. The zero-order chi connectivity index (χ0) is 16.9. The molecule has 2 aliphatic heterocycles. The van der Waals surface area contributed by atoms with Gasteiger partial charge in [-0.25, -0.2) is 0 Å². The highest BCUT2D eigenvalue weighted by Crippen LogP contribution is 2.53. The van der Waals surface area contributed by atoms with Crippen LogP contribution in [0.15, 0.2) is 23.8 Å². The predicted octanol–water partition coefficient (Wildman–Crippen LogP) is 3.46. The smallest absolute Gasteiger partial charge is 0.0901 e. The third kappa shape index (κ3) is 2.92. The Morgan fingerprint density at radius 2 is 2.09 bits per heavy atom. The quantitative estimate of drug-likeness (QED) is 0.728. The minimum absolute atomic E-state index is 0.0366. The van der Waals surface area contributed by atoms with Gasteiger partial charge >= 0.3 is 0 Å². The second-order valence-corrected chi connectivity index (χ2v) is 8.56. The van der Waals surface area contributed by atoms with Crippen LogP contribution in [-0.2, 0) is 4.74 Å². The van der Waals surface area contributed by atoms with Crippen molar-refractivity contribution in [3.8, 4) is 0 Å². The number of fused-ring (bicyclic) bond motifs is 5. The number of aliphatic hydroxyl groups is 2. The van der Waals surface area contributed by atoms with Gasteiger partial charge in [-0.1, -0.05) is 32.1 Å². The molecule has 7 atom stereocenters. The maximum absolute atomic E-state index is 11.1. The summed E-state index contributed by atoms with van der Waals surface area (Å²) < 4.78 is 6.45. The van der Waals surface area contributed by atoms with Gasteiger partial charge < -0.3 is 14.9 Å². The molecule has 0 saturated carbocycles. The van der Waals surface area contributed by atoms with Crippen LogP contribution in [0, 0.1) is 23.7 Å². The highest BCUT2D eigenvalue weighted by Gasteiger charge is 2.56. The molecule has 0 radical (unpaired) electrons. The molecule has 0 aromatic rings. The lowest BCUT2D eigenvalue weighted by Gasteiger charge is -2.42. The maximum Gasteiger partial charge on any atom is 0.0901 e. The first-order valence-electron chi connectivity index (χ1n) is 9.12. The Morgan fingerprint density at radius 3 is 2.74 bits per heavy atom. The molecule has 2 N–H and O–H groups in total. The van der Waals surface area contributed by atoms with E-state index < -0.39 is 11.7 Å². The monoisotopic (exact) mass is 320 g/mol. The van der Waals surface area contributed by atoms with E-state index >= 15 is 0 Å². The third-order valence-corrected chi connectivity index (χ3v) is 6.55. The van der Waals surface area contributed by atoms with Crippen molar-refractivity contribution in [1.29, 1.82) is 0 Å².